The van der Waals surface area contributed by atoms with Crippen molar-refractivity contribution in [2.45, 2.75) is 46.5 Å². The first-order valence-electron chi connectivity index (χ1n) is 6.41. The van der Waals surface area contributed by atoms with Crippen molar-refractivity contribution in [3.63, 3.8) is 0 Å². The minimum absolute atomic E-state index is 0.220. The molecule has 1 fully saturated rings. The summed E-state index contributed by atoms with van der Waals surface area (Å²) in [5.41, 5.74) is 0. The summed E-state index contributed by atoms with van der Waals surface area (Å²) in [7, 11) is 0. The molecule has 0 amide bonds. The first-order chi connectivity index (χ1) is 7.15. The van der Waals surface area contributed by atoms with Crippen LogP contribution < -0.4 is 0 Å². The average molecular weight is 211 g/mol. The molecule has 0 radical (unpaired) electrons. The van der Waals surface area contributed by atoms with E-state index in [0.29, 0.717) is 11.7 Å². The number of hydrogen-bond acceptors (Lipinski definition) is 2. The highest BCUT2D eigenvalue weighted by Crippen LogP contribution is 2.20. The van der Waals surface area contributed by atoms with Gasteiger partial charge in [0.05, 0.1) is 0 Å². The number of hydrogen-bond donors (Lipinski definition) is 0. The van der Waals surface area contributed by atoms with Gasteiger partial charge >= 0.3 is 0 Å². The van der Waals surface area contributed by atoms with E-state index in [4.69, 9.17) is 0 Å². The average Bonchev–Trinajstić information content (AvgIpc) is 2.13. The molecule has 0 atom stereocenters. The standard InChI is InChI=1S/C13H25NO/c1-4-5-6-7-8-14-9-12(10-14)13(15)11(2)3/h11-12H,4-10H2,1-3H3. The van der Waals surface area contributed by atoms with Crippen molar-refractivity contribution >= 4 is 5.78 Å². The largest absolute Gasteiger partial charge is 0.302 e. The Morgan fingerprint density at radius 2 is 1.93 bits per heavy atom. The van der Waals surface area contributed by atoms with Gasteiger partial charge in [0.2, 0.25) is 0 Å². The molecule has 0 aromatic heterocycles. The molecule has 0 bridgehead atoms. The van der Waals surface area contributed by atoms with Gasteiger partial charge in [-0.15, -0.1) is 0 Å². The molecule has 0 spiro atoms. The fourth-order valence-electron chi connectivity index (χ4n) is 2.17. The van der Waals surface area contributed by atoms with Crippen LogP contribution in [0.25, 0.3) is 0 Å². The normalized spacial score (nSPS) is 18.1. The van der Waals surface area contributed by atoms with E-state index in [-0.39, 0.29) is 5.92 Å². The molecule has 1 saturated heterocycles. The molecule has 15 heavy (non-hydrogen) atoms. The van der Waals surface area contributed by atoms with Crippen LogP contribution in [0.2, 0.25) is 0 Å². The van der Waals surface area contributed by atoms with Crippen molar-refractivity contribution in [3.8, 4) is 0 Å². The van der Waals surface area contributed by atoms with Crippen molar-refractivity contribution in [2.75, 3.05) is 19.6 Å². The van der Waals surface area contributed by atoms with Gasteiger partial charge in [0.25, 0.3) is 0 Å². The monoisotopic (exact) mass is 211 g/mol. The third-order valence-electron chi connectivity index (χ3n) is 3.26. The first-order valence-corrected chi connectivity index (χ1v) is 6.41. The number of Topliss-reactive ketones (excluding diaryl/α,β-unsaturated/α-hetero) is 1. The summed E-state index contributed by atoms with van der Waals surface area (Å²) in [4.78, 5) is 14.0. The highest BCUT2D eigenvalue weighted by Gasteiger charge is 2.32. The van der Waals surface area contributed by atoms with Gasteiger partial charge in [0, 0.05) is 24.9 Å². The van der Waals surface area contributed by atoms with Gasteiger partial charge in [-0.05, 0) is 13.0 Å². The molecule has 1 rings (SSSR count). The summed E-state index contributed by atoms with van der Waals surface area (Å²) in [6.45, 7) is 9.48. The summed E-state index contributed by atoms with van der Waals surface area (Å²) in [5.74, 6) is 1.02. The van der Waals surface area contributed by atoms with E-state index in [2.05, 4.69) is 11.8 Å². The lowest BCUT2D eigenvalue weighted by Gasteiger charge is -2.39. The van der Waals surface area contributed by atoms with Crippen molar-refractivity contribution in [2.24, 2.45) is 11.8 Å². The highest BCUT2D eigenvalue weighted by atomic mass is 16.1. The van der Waals surface area contributed by atoms with Crippen molar-refractivity contribution in [1.82, 2.24) is 4.90 Å². The Bertz CT molecular complexity index is 195. The van der Waals surface area contributed by atoms with Gasteiger partial charge in [-0.25, -0.2) is 0 Å². The van der Waals surface area contributed by atoms with E-state index in [1.807, 2.05) is 13.8 Å². The van der Waals surface area contributed by atoms with Crippen LogP contribution in [0, 0.1) is 11.8 Å². The number of rotatable bonds is 7. The molecule has 0 aromatic rings. The highest BCUT2D eigenvalue weighted by molar-refractivity contribution is 5.84. The molecule has 2 nitrogen and oxygen atoms in total. The number of likely N-dealkylation sites (tertiary alicyclic amines) is 1. The van der Waals surface area contributed by atoms with Gasteiger partial charge in [0.1, 0.15) is 5.78 Å². The molecule has 1 aliphatic rings. The van der Waals surface area contributed by atoms with Crippen LogP contribution >= 0.6 is 0 Å². The molecule has 0 aromatic carbocycles. The van der Waals surface area contributed by atoms with Crippen LogP contribution in [-0.4, -0.2) is 30.3 Å². The molecule has 1 aliphatic heterocycles. The maximum absolute atomic E-state index is 11.6. The van der Waals surface area contributed by atoms with Crippen LogP contribution in [0.5, 0.6) is 0 Å². The SMILES string of the molecule is CCCCCCN1CC(C(=O)C(C)C)C1. The predicted octanol–water partition coefficient (Wildman–Crippen LogP) is 2.72. The summed E-state index contributed by atoms with van der Waals surface area (Å²) in [6, 6.07) is 0. The molecular formula is C13H25NO. The van der Waals surface area contributed by atoms with E-state index in [0.717, 1.165) is 13.1 Å². The van der Waals surface area contributed by atoms with E-state index >= 15 is 0 Å². The van der Waals surface area contributed by atoms with E-state index in [1.165, 1.54) is 32.2 Å². The lowest BCUT2D eigenvalue weighted by molar-refractivity contribution is -0.131. The predicted molar refractivity (Wildman–Crippen MR) is 63.9 cm³/mol. The lowest BCUT2D eigenvalue weighted by atomic mass is 9.89. The Balaban J connectivity index is 2.02. The number of unbranched alkanes of at least 4 members (excludes halogenated alkanes) is 3. The minimum atomic E-state index is 0.220. The quantitative estimate of drug-likeness (QED) is 0.603. The second kappa shape index (κ2) is 6.26. The zero-order chi connectivity index (χ0) is 11.3. The van der Waals surface area contributed by atoms with Crippen LogP contribution in [0.3, 0.4) is 0 Å². The van der Waals surface area contributed by atoms with Crippen LogP contribution in [-0.2, 0) is 4.79 Å². The molecule has 0 saturated carbocycles. The van der Waals surface area contributed by atoms with Crippen molar-refractivity contribution in [3.05, 3.63) is 0 Å². The summed E-state index contributed by atoms with van der Waals surface area (Å²) in [6.07, 6.45) is 5.29. The van der Waals surface area contributed by atoms with Crippen molar-refractivity contribution in [1.29, 1.82) is 0 Å². The van der Waals surface area contributed by atoms with E-state index < -0.39 is 0 Å². The number of nitrogens with zero attached hydrogens (tertiary/aromatic N) is 1. The number of ketones is 1. The maximum atomic E-state index is 11.6. The molecule has 0 aliphatic carbocycles. The Labute approximate surface area is 94.0 Å². The fraction of sp³-hybridized carbons (Fsp3) is 0.923. The summed E-state index contributed by atoms with van der Waals surface area (Å²) >= 11 is 0. The van der Waals surface area contributed by atoms with Crippen LogP contribution in [0.4, 0.5) is 0 Å². The van der Waals surface area contributed by atoms with Gasteiger partial charge in [-0.1, -0.05) is 40.0 Å². The smallest absolute Gasteiger partial charge is 0.141 e. The Morgan fingerprint density at radius 3 is 2.47 bits per heavy atom. The Kier molecular flexibility index (Phi) is 5.30. The van der Waals surface area contributed by atoms with Gasteiger partial charge < -0.3 is 4.90 Å². The fourth-order valence-corrected chi connectivity index (χ4v) is 2.17. The Morgan fingerprint density at radius 1 is 1.27 bits per heavy atom. The molecule has 2 heteroatoms. The van der Waals surface area contributed by atoms with E-state index in [1.54, 1.807) is 0 Å². The Hall–Kier alpha value is -0.370. The molecular weight excluding hydrogens is 186 g/mol. The minimum Gasteiger partial charge on any atom is -0.302 e. The van der Waals surface area contributed by atoms with Crippen LogP contribution in [0.1, 0.15) is 46.5 Å². The summed E-state index contributed by atoms with van der Waals surface area (Å²) < 4.78 is 0. The molecule has 1 heterocycles. The van der Waals surface area contributed by atoms with Crippen molar-refractivity contribution < 1.29 is 4.79 Å². The molecule has 0 N–H and O–H groups in total. The topological polar surface area (TPSA) is 20.3 Å². The second-order valence-corrected chi connectivity index (χ2v) is 5.07. The third-order valence-corrected chi connectivity index (χ3v) is 3.26. The number of carbonyl (C=O) groups is 1. The van der Waals surface area contributed by atoms with Gasteiger partial charge in [-0.3, -0.25) is 4.79 Å². The van der Waals surface area contributed by atoms with Crippen LogP contribution in [0.15, 0.2) is 0 Å². The lowest BCUT2D eigenvalue weighted by Crippen LogP contribution is -2.51. The first kappa shape index (κ1) is 12.7. The maximum Gasteiger partial charge on any atom is 0.141 e. The molecule has 0 unspecified atom stereocenters. The second-order valence-electron chi connectivity index (χ2n) is 5.07. The van der Waals surface area contributed by atoms with Gasteiger partial charge in [0.15, 0.2) is 0 Å². The number of carbonyl (C=O) groups excluding carboxylic acids is 1. The summed E-state index contributed by atoms with van der Waals surface area (Å²) in [5, 5.41) is 0. The molecule has 88 valence electrons. The van der Waals surface area contributed by atoms with E-state index in [9.17, 15) is 4.79 Å². The third kappa shape index (κ3) is 3.94. The zero-order valence-corrected chi connectivity index (χ0v) is 10.5. The zero-order valence-electron chi connectivity index (χ0n) is 10.5. The van der Waals surface area contributed by atoms with Gasteiger partial charge in [-0.2, -0.15) is 0 Å².